The fourth-order valence-electron chi connectivity index (χ4n) is 6.94. The zero-order valence-corrected chi connectivity index (χ0v) is 27.9. The van der Waals surface area contributed by atoms with Crippen LogP contribution in [0.15, 0.2) is 180 Å². The summed E-state index contributed by atoms with van der Waals surface area (Å²) >= 11 is 0. The van der Waals surface area contributed by atoms with Gasteiger partial charge in [-0.05, 0) is 65.7 Å². The number of oxazole rings is 1. The summed E-state index contributed by atoms with van der Waals surface area (Å²) in [5.74, 6) is 2.31. The van der Waals surface area contributed by atoms with Gasteiger partial charge in [-0.3, -0.25) is 0 Å². The molecule has 7 aromatic carbocycles. The van der Waals surface area contributed by atoms with E-state index in [0.29, 0.717) is 28.9 Å². The van der Waals surface area contributed by atoms with E-state index in [0.717, 1.165) is 49.9 Å². The molecule has 0 aliphatic rings. The molecule has 10 aromatic rings. The van der Waals surface area contributed by atoms with Crippen LogP contribution >= 0.6 is 0 Å². The zero-order valence-electron chi connectivity index (χ0n) is 27.9. The molecule has 10 rings (SSSR count). The summed E-state index contributed by atoms with van der Waals surface area (Å²) in [5, 5.41) is 2.34. The molecule has 0 atom stereocenters. The zero-order chi connectivity index (χ0) is 34.4. The highest BCUT2D eigenvalue weighted by Crippen LogP contribution is 2.37. The molecule has 0 amide bonds. The Labute approximate surface area is 299 Å². The Morgan fingerprint density at radius 3 is 1.48 bits per heavy atom. The van der Waals surface area contributed by atoms with Crippen molar-refractivity contribution in [3.8, 4) is 62.4 Å². The van der Waals surface area contributed by atoms with Crippen molar-refractivity contribution >= 4 is 32.9 Å². The summed E-state index contributed by atoms with van der Waals surface area (Å²) in [7, 11) is 0. The summed E-state index contributed by atoms with van der Waals surface area (Å²) in [6.45, 7) is 0. The van der Waals surface area contributed by atoms with Crippen LogP contribution in [0.5, 0.6) is 0 Å². The highest BCUT2D eigenvalue weighted by molar-refractivity contribution is 6.11. The lowest BCUT2D eigenvalue weighted by Crippen LogP contribution is -2.00. The molecule has 0 unspecified atom stereocenters. The lowest BCUT2D eigenvalue weighted by Gasteiger charge is -2.11. The summed E-state index contributed by atoms with van der Waals surface area (Å²) in [4.78, 5) is 19.9. The van der Waals surface area contributed by atoms with Crippen molar-refractivity contribution in [3.63, 3.8) is 0 Å². The van der Waals surface area contributed by atoms with E-state index in [1.54, 1.807) is 0 Å². The first-order valence-corrected chi connectivity index (χ1v) is 17.2. The molecule has 0 saturated heterocycles. The van der Waals surface area contributed by atoms with Gasteiger partial charge in [0.25, 0.3) is 0 Å². The number of nitrogens with zero attached hydrogens (tertiary/aromatic N) is 5. The predicted molar refractivity (Wildman–Crippen MR) is 209 cm³/mol. The van der Waals surface area contributed by atoms with Gasteiger partial charge >= 0.3 is 0 Å². The van der Waals surface area contributed by atoms with E-state index in [1.807, 2.05) is 84.9 Å². The van der Waals surface area contributed by atoms with Crippen LogP contribution in [0, 0.1) is 0 Å². The normalized spacial score (nSPS) is 11.5. The Kier molecular flexibility index (Phi) is 7.03. The lowest BCUT2D eigenvalue weighted by molar-refractivity contribution is 0.620. The van der Waals surface area contributed by atoms with Crippen LogP contribution in [-0.2, 0) is 0 Å². The standard InChI is InChI=1S/C46H29N5O/c1-5-13-30(14-6-1)33-21-24-37-38-25-22-34(28-41(38)51(40(37)27-33)36-19-11-4-12-20-36)44-48-43(31-15-7-2-8-16-31)49-45(50-44)35-23-26-39-42(29-35)52-46(47-39)32-17-9-3-10-18-32/h1-29H. The van der Waals surface area contributed by atoms with Crippen molar-refractivity contribution in [3.05, 3.63) is 176 Å². The van der Waals surface area contributed by atoms with E-state index in [2.05, 4.69) is 95.6 Å². The molecule has 244 valence electrons. The first-order chi connectivity index (χ1) is 25.7. The Bertz CT molecular complexity index is 2880. The Balaban J connectivity index is 1.16. The third-order valence-electron chi connectivity index (χ3n) is 9.48. The van der Waals surface area contributed by atoms with Gasteiger partial charge < -0.3 is 8.98 Å². The fourth-order valence-corrected chi connectivity index (χ4v) is 6.94. The quantitative estimate of drug-likeness (QED) is 0.176. The second-order valence-corrected chi connectivity index (χ2v) is 12.7. The average molecular weight is 668 g/mol. The van der Waals surface area contributed by atoms with Gasteiger partial charge in [0.2, 0.25) is 5.89 Å². The monoisotopic (exact) mass is 667 g/mol. The summed E-state index contributed by atoms with van der Waals surface area (Å²) in [5.41, 5.74) is 10.6. The molecule has 3 aromatic heterocycles. The number of rotatable bonds is 6. The third kappa shape index (κ3) is 5.22. The second-order valence-electron chi connectivity index (χ2n) is 12.7. The van der Waals surface area contributed by atoms with E-state index in [9.17, 15) is 0 Å². The number of para-hydroxylation sites is 1. The van der Waals surface area contributed by atoms with Gasteiger partial charge in [-0.25, -0.2) is 19.9 Å². The average Bonchev–Trinajstić information content (AvgIpc) is 3.80. The van der Waals surface area contributed by atoms with Crippen LogP contribution in [0.3, 0.4) is 0 Å². The van der Waals surface area contributed by atoms with Crippen LogP contribution < -0.4 is 0 Å². The van der Waals surface area contributed by atoms with Gasteiger partial charge in [0.1, 0.15) is 5.52 Å². The van der Waals surface area contributed by atoms with Crippen LogP contribution in [0.4, 0.5) is 0 Å². The lowest BCUT2D eigenvalue weighted by atomic mass is 10.0. The molecular weight excluding hydrogens is 639 g/mol. The molecule has 0 N–H and O–H groups in total. The fraction of sp³-hybridized carbons (Fsp3) is 0. The molecule has 0 aliphatic heterocycles. The molecule has 3 heterocycles. The molecule has 0 saturated carbocycles. The first-order valence-electron chi connectivity index (χ1n) is 17.2. The van der Waals surface area contributed by atoms with Gasteiger partial charge in [-0.15, -0.1) is 0 Å². The minimum Gasteiger partial charge on any atom is -0.436 e. The second kappa shape index (κ2) is 12.3. The van der Waals surface area contributed by atoms with Crippen LogP contribution in [0.1, 0.15) is 0 Å². The van der Waals surface area contributed by atoms with Crippen LogP contribution in [0.25, 0.3) is 95.3 Å². The van der Waals surface area contributed by atoms with E-state index in [4.69, 9.17) is 24.4 Å². The summed E-state index contributed by atoms with van der Waals surface area (Å²) in [6, 6.07) is 60.1. The van der Waals surface area contributed by atoms with Crippen molar-refractivity contribution < 1.29 is 4.42 Å². The number of hydrogen-bond acceptors (Lipinski definition) is 5. The maximum absolute atomic E-state index is 6.23. The topological polar surface area (TPSA) is 69.6 Å². The number of benzene rings is 7. The minimum absolute atomic E-state index is 0.555. The van der Waals surface area contributed by atoms with Gasteiger partial charge in [0, 0.05) is 38.7 Å². The molecule has 52 heavy (non-hydrogen) atoms. The molecule has 6 heteroatoms. The Morgan fingerprint density at radius 1 is 0.365 bits per heavy atom. The summed E-state index contributed by atoms with van der Waals surface area (Å²) < 4.78 is 8.57. The highest BCUT2D eigenvalue weighted by Gasteiger charge is 2.18. The summed E-state index contributed by atoms with van der Waals surface area (Å²) in [6.07, 6.45) is 0. The Hall–Kier alpha value is -7.18. The highest BCUT2D eigenvalue weighted by atomic mass is 16.3. The van der Waals surface area contributed by atoms with E-state index in [-0.39, 0.29) is 0 Å². The van der Waals surface area contributed by atoms with Gasteiger partial charge in [0.05, 0.1) is 11.0 Å². The van der Waals surface area contributed by atoms with E-state index >= 15 is 0 Å². The maximum atomic E-state index is 6.23. The predicted octanol–water partition coefficient (Wildman–Crippen LogP) is 11.4. The van der Waals surface area contributed by atoms with E-state index in [1.165, 1.54) is 16.5 Å². The Morgan fingerprint density at radius 2 is 0.846 bits per heavy atom. The molecular formula is C46H29N5O. The third-order valence-corrected chi connectivity index (χ3v) is 9.48. The molecule has 0 bridgehead atoms. The van der Waals surface area contributed by atoms with Gasteiger partial charge in [0.15, 0.2) is 23.1 Å². The molecule has 6 nitrogen and oxygen atoms in total. The van der Waals surface area contributed by atoms with Crippen molar-refractivity contribution in [1.29, 1.82) is 0 Å². The van der Waals surface area contributed by atoms with Gasteiger partial charge in [-0.2, -0.15) is 0 Å². The van der Waals surface area contributed by atoms with Crippen molar-refractivity contribution in [2.45, 2.75) is 0 Å². The first kappa shape index (κ1) is 29.7. The van der Waals surface area contributed by atoms with Crippen LogP contribution in [-0.4, -0.2) is 24.5 Å². The SMILES string of the molecule is c1ccc(-c2ccc3c4ccc(-c5nc(-c6ccccc6)nc(-c6ccc7nc(-c8ccccc8)oc7c6)n5)cc4n(-c4ccccc4)c3c2)cc1. The van der Waals surface area contributed by atoms with E-state index < -0.39 is 0 Å². The van der Waals surface area contributed by atoms with Crippen LogP contribution in [0.2, 0.25) is 0 Å². The number of fused-ring (bicyclic) bond motifs is 4. The van der Waals surface area contributed by atoms with Crippen molar-refractivity contribution in [2.75, 3.05) is 0 Å². The molecule has 0 radical (unpaired) electrons. The van der Waals surface area contributed by atoms with Gasteiger partial charge in [-0.1, -0.05) is 121 Å². The largest absolute Gasteiger partial charge is 0.436 e. The minimum atomic E-state index is 0.555. The van der Waals surface area contributed by atoms with Crippen molar-refractivity contribution in [2.24, 2.45) is 0 Å². The van der Waals surface area contributed by atoms with Crippen molar-refractivity contribution in [1.82, 2.24) is 24.5 Å². The smallest absolute Gasteiger partial charge is 0.227 e. The molecule has 0 fully saturated rings. The maximum Gasteiger partial charge on any atom is 0.227 e. The molecule has 0 spiro atoms. The molecule has 0 aliphatic carbocycles. The number of hydrogen-bond donors (Lipinski definition) is 0. The number of aromatic nitrogens is 5.